The molecule has 0 aliphatic carbocycles. The highest BCUT2D eigenvalue weighted by atomic mass is 32.4. The summed E-state index contributed by atoms with van der Waals surface area (Å²) < 4.78 is 0. The maximum atomic E-state index is 6.25. The topological polar surface area (TPSA) is 0 Å². The quantitative estimate of drug-likeness (QED) is 0.568. The van der Waals surface area contributed by atoms with Crippen LogP contribution in [0.3, 0.4) is 0 Å². The average molecular weight is 315 g/mol. The van der Waals surface area contributed by atoms with Gasteiger partial charge in [0.1, 0.15) is 0 Å². The second kappa shape index (κ2) is 5.74. The van der Waals surface area contributed by atoms with E-state index in [1.807, 2.05) is 0 Å². The molecule has 0 nitrogen and oxygen atoms in total. The largest absolute Gasteiger partial charge is 0.0932 e. The van der Waals surface area contributed by atoms with Gasteiger partial charge in [-0.2, -0.15) is 0 Å². The van der Waals surface area contributed by atoms with Crippen LogP contribution >= 0.6 is 6.04 Å². The summed E-state index contributed by atoms with van der Waals surface area (Å²) in [6, 6.07) is 9.62. The molecular weight excluding hydrogens is 287 g/mol. The fourth-order valence-electron chi connectivity index (χ4n) is 2.47. The molecule has 0 aliphatic heterocycles. The third-order valence-electron chi connectivity index (χ3n) is 2.69. The van der Waals surface area contributed by atoms with Gasteiger partial charge in [-0.3, -0.25) is 0 Å². The van der Waals surface area contributed by atoms with Crippen LogP contribution in [0, 0.1) is 0 Å². The molecular formula is C14H27PSSi2. The predicted molar refractivity (Wildman–Crippen MR) is 96.8 cm³/mol. The minimum Gasteiger partial charge on any atom is -0.0932 e. The van der Waals surface area contributed by atoms with Gasteiger partial charge in [-0.15, -0.1) is 0 Å². The van der Waals surface area contributed by atoms with Crippen molar-refractivity contribution >= 4 is 39.3 Å². The highest BCUT2D eigenvalue weighted by Gasteiger charge is 2.32. The van der Waals surface area contributed by atoms with Gasteiger partial charge >= 0.3 is 0 Å². The summed E-state index contributed by atoms with van der Waals surface area (Å²) in [5.41, 5.74) is 0. The standard InChI is InChI=1S/C14H27PSSi2/c1-17(2,3)12-15(16,13-18(4,5)6)14-10-8-7-9-11-14/h7-11H,12-13H2,1-6H3. The van der Waals surface area contributed by atoms with E-state index < -0.39 is 22.2 Å². The molecule has 0 atom stereocenters. The lowest BCUT2D eigenvalue weighted by Crippen LogP contribution is -2.36. The van der Waals surface area contributed by atoms with E-state index in [9.17, 15) is 0 Å². The Labute approximate surface area is 120 Å². The van der Waals surface area contributed by atoms with Gasteiger partial charge in [0.05, 0.1) is 0 Å². The Hall–Kier alpha value is 0.304. The van der Waals surface area contributed by atoms with E-state index in [2.05, 4.69) is 69.6 Å². The number of hydrogen-bond acceptors (Lipinski definition) is 1. The van der Waals surface area contributed by atoms with Crippen LogP contribution in [0.1, 0.15) is 0 Å². The van der Waals surface area contributed by atoms with Crippen LogP contribution in [-0.4, -0.2) is 27.7 Å². The lowest BCUT2D eigenvalue weighted by atomic mass is 10.4. The summed E-state index contributed by atoms with van der Waals surface area (Å²) in [6.45, 7) is 14.8. The minimum absolute atomic E-state index is 1.11. The molecule has 0 N–H and O–H groups in total. The molecule has 0 unspecified atom stereocenters. The SMILES string of the molecule is C[Si](C)(C)CP(=S)(C[Si](C)(C)C)c1ccccc1. The first kappa shape index (κ1) is 16.4. The van der Waals surface area contributed by atoms with E-state index in [4.69, 9.17) is 11.8 Å². The summed E-state index contributed by atoms with van der Waals surface area (Å²) in [4.78, 5) is 0. The van der Waals surface area contributed by atoms with Crippen LogP contribution in [0.15, 0.2) is 30.3 Å². The van der Waals surface area contributed by atoms with E-state index in [1.165, 1.54) is 16.9 Å². The zero-order valence-corrected chi connectivity index (χ0v) is 16.4. The van der Waals surface area contributed by atoms with Crippen molar-refractivity contribution in [1.29, 1.82) is 0 Å². The number of rotatable bonds is 5. The van der Waals surface area contributed by atoms with E-state index in [0.717, 1.165) is 0 Å². The zero-order chi connectivity index (χ0) is 14.0. The summed E-state index contributed by atoms with van der Waals surface area (Å²) in [5.74, 6) is 2.65. The third-order valence-corrected chi connectivity index (χ3v) is 18.6. The zero-order valence-electron chi connectivity index (χ0n) is 12.7. The van der Waals surface area contributed by atoms with Gasteiger partial charge in [0.25, 0.3) is 0 Å². The van der Waals surface area contributed by atoms with Gasteiger partial charge in [0.2, 0.25) is 0 Å². The fraction of sp³-hybridized carbons (Fsp3) is 0.571. The molecule has 0 aliphatic rings. The Bertz CT molecular complexity index is 409. The molecule has 0 fully saturated rings. The van der Waals surface area contributed by atoms with Crippen molar-refractivity contribution in [3.8, 4) is 0 Å². The van der Waals surface area contributed by atoms with Gasteiger partial charge < -0.3 is 0 Å². The van der Waals surface area contributed by atoms with Crippen LogP contribution in [0.25, 0.3) is 0 Å². The molecule has 1 aromatic rings. The van der Waals surface area contributed by atoms with Gasteiger partial charge in [-0.25, -0.2) is 0 Å². The van der Waals surface area contributed by atoms with Gasteiger partial charge in [0.15, 0.2) is 0 Å². The van der Waals surface area contributed by atoms with Gasteiger partial charge in [-0.05, 0) is 22.9 Å². The summed E-state index contributed by atoms with van der Waals surface area (Å²) >= 11 is 6.25. The normalized spacial score (nSPS) is 13.7. The third kappa shape index (κ3) is 5.52. The number of benzene rings is 1. The Morgan fingerprint density at radius 3 is 1.56 bits per heavy atom. The fourth-order valence-corrected chi connectivity index (χ4v) is 25.7. The van der Waals surface area contributed by atoms with Crippen LogP contribution < -0.4 is 5.30 Å². The van der Waals surface area contributed by atoms with Crippen molar-refractivity contribution in [2.75, 3.05) is 11.6 Å². The molecule has 0 heterocycles. The second-order valence-electron chi connectivity index (χ2n) is 7.66. The molecule has 0 radical (unpaired) electrons. The Balaban J connectivity index is 3.14. The first-order valence-electron chi connectivity index (χ1n) is 6.66. The van der Waals surface area contributed by atoms with E-state index >= 15 is 0 Å². The highest BCUT2D eigenvalue weighted by molar-refractivity contribution is 8.19. The molecule has 18 heavy (non-hydrogen) atoms. The second-order valence-corrected chi connectivity index (χ2v) is 24.8. The summed E-state index contributed by atoms with van der Waals surface area (Å²) in [5, 5.41) is 1.48. The molecule has 0 spiro atoms. The van der Waals surface area contributed by atoms with Crippen LogP contribution in [-0.2, 0) is 11.8 Å². The molecule has 0 bridgehead atoms. The van der Waals surface area contributed by atoms with Gasteiger partial charge in [0, 0.05) is 16.1 Å². The van der Waals surface area contributed by atoms with Crippen molar-refractivity contribution in [3.63, 3.8) is 0 Å². The van der Waals surface area contributed by atoms with Crippen molar-refractivity contribution < 1.29 is 0 Å². The molecule has 4 heteroatoms. The van der Waals surface area contributed by atoms with Crippen LogP contribution in [0.5, 0.6) is 0 Å². The van der Waals surface area contributed by atoms with Crippen LogP contribution in [0.4, 0.5) is 0 Å². The minimum atomic E-state index is -1.36. The smallest absolute Gasteiger partial charge is 0.0498 e. The maximum absolute atomic E-state index is 6.25. The van der Waals surface area contributed by atoms with Gasteiger partial charge in [-0.1, -0.05) is 81.4 Å². The molecule has 1 aromatic carbocycles. The van der Waals surface area contributed by atoms with Crippen molar-refractivity contribution in [3.05, 3.63) is 30.3 Å². The molecule has 0 saturated carbocycles. The first-order chi connectivity index (χ1) is 8.02. The molecule has 1 rings (SSSR count). The Morgan fingerprint density at radius 2 is 1.22 bits per heavy atom. The monoisotopic (exact) mass is 314 g/mol. The molecule has 0 amide bonds. The first-order valence-corrected chi connectivity index (χ1v) is 17.2. The summed E-state index contributed by atoms with van der Waals surface area (Å²) in [7, 11) is -2.22. The average Bonchev–Trinajstić information content (AvgIpc) is 2.13. The van der Waals surface area contributed by atoms with E-state index in [-0.39, 0.29) is 0 Å². The molecule has 0 aromatic heterocycles. The van der Waals surface area contributed by atoms with Crippen LogP contribution in [0.2, 0.25) is 39.3 Å². The molecule has 0 saturated heterocycles. The Kier molecular flexibility index (Phi) is 5.22. The molecule has 102 valence electrons. The van der Waals surface area contributed by atoms with Crippen molar-refractivity contribution in [2.45, 2.75) is 39.3 Å². The lowest BCUT2D eigenvalue weighted by Gasteiger charge is -2.33. The lowest BCUT2D eigenvalue weighted by molar-refractivity contribution is 1.60. The highest BCUT2D eigenvalue weighted by Crippen LogP contribution is 2.48. The van der Waals surface area contributed by atoms with Crippen molar-refractivity contribution in [1.82, 2.24) is 0 Å². The number of hydrogen-bond donors (Lipinski definition) is 0. The van der Waals surface area contributed by atoms with E-state index in [0.29, 0.717) is 0 Å². The van der Waals surface area contributed by atoms with E-state index in [1.54, 1.807) is 0 Å². The predicted octanol–water partition coefficient (Wildman–Crippen LogP) is 4.55. The summed E-state index contributed by atoms with van der Waals surface area (Å²) in [6.07, 6.45) is 0. The van der Waals surface area contributed by atoms with Crippen molar-refractivity contribution in [2.24, 2.45) is 0 Å². The maximum Gasteiger partial charge on any atom is 0.0498 e. The Morgan fingerprint density at radius 1 is 0.833 bits per heavy atom.